The van der Waals surface area contributed by atoms with Crippen molar-refractivity contribution in [3.8, 4) is 12.3 Å². The quantitative estimate of drug-likeness (QED) is 0.637. The third kappa shape index (κ3) is 2.72. The summed E-state index contributed by atoms with van der Waals surface area (Å²) in [7, 11) is 1.39. The molecule has 3 heteroatoms. The van der Waals surface area contributed by atoms with Crippen LogP contribution in [0.1, 0.15) is 24.5 Å². The van der Waals surface area contributed by atoms with Crippen LogP contribution in [0.3, 0.4) is 0 Å². The van der Waals surface area contributed by atoms with Crippen LogP contribution in [0, 0.1) is 19.3 Å². The van der Waals surface area contributed by atoms with Gasteiger partial charge in [0.15, 0.2) is 0 Å². The van der Waals surface area contributed by atoms with Crippen molar-refractivity contribution in [2.45, 2.75) is 25.8 Å². The molecule has 1 N–H and O–H groups in total. The van der Waals surface area contributed by atoms with Gasteiger partial charge in [-0.1, -0.05) is 42.7 Å². The molecule has 0 heterocycles. The third-order valence-electron chi connectivity index (χ3n) is 3.10. The number of terminal acetylenes is 1. The molecule has 1 aromatic rings. The summed E-state index contributed by atoms with van der Waals surface area (Å²) in [6.45, 7) is 4.25. The van der Waals surface area contributed by atoms with E-state index in [2.05, 4.69) is 11.2 Å². The topological polar surface area (TPSA) is 38.3 Å². The highest BCUT2D eigenvalue weighted by Gasteiger charge is 2.39. The highest BCUT2D eigenvalue weighted by atomic mass is 16.5. The van der Waals surface area contributed by atoms with Crippen LogP contribution >= 0.6 is 0 Å². The highest BCUT2D eigenvalue weighted by molar-refractivity contribution is 5.82. The van der Waals surface area contributed by atoms with Crippen LogP contribution in [0.2, 0.25) is 0 Å². The largest absolute Gasteiger partial charge is 0.467 e. The zero-order valence-corrected chi connectivity index (χ0v) is 11.1. The van der Waals surface area contributed by atoms with Crippen LogP contribution in [-0.4, -0.2) is 19.6 Å². The van der Waals surface area contributed by atoms with E-state index in [0.717, 1.165) is 11.1 Å². The molecule has 0 bridgehead atoms. The summed E-state index contributed by atoms with van der Waals surface area (Å²) >= 11 is 0. The molecule has 0 saturated carbocycles. The molecule has 0 aromatic heterocycles. The Morgan fingerprint density at radius 2 is 2.06 bits per heavy atom. The first kappa shape index (κ1) is 14.3. The molecule has 0 fully saturated rings. The average Bonchev–Trinajstić information content (AvgIpc) is 2.41. The van der Waals surface area contributed by atoms with E-state index in [1.807, 2.05) is 38.1 Å². The lowest BCUT2D eigenvalue weighted by molar-refractivity contribution is -0.149. The minimum absolute atomic E-state index is 0.316. The van der Waals surface area contributed by atoms with E-state index in [4.69, 9.17) is 11.2 Å². The number of esters is 1. The molecule has 18 heavy (non-hydrogen) atoms. The maximum atomic E-state index is 12.1. The molecular formula is C15H19NO2. The fourth-order valence-corrected chi connectivity index (χ4v) is 1.98. The number of aryl methyl sites for hydroxylation is 1. The van der Waals surface area contributed by atoms with Crippen LogP contribution < -0.4 is 5.32 Å². The van der Waals surface area contributed by atoms with Gasteiger partial charge in [0, 0.05) is 0 Å². The van der Waals surface area contributed by atoms with Gasteiger partial charge in [-0.2, -0.15) is 0 Å². The molecule has 3 nitrogen and oxygen atoms in total. The van der Waals surface area contributed by atoms with E-state index in [1.165, 1.54) is 7.11 Å². The Hall–Kier alpha value is -1.79. The summed E-state index contributed by atoms with van der Waals surface area (Å²) < 4.78 is 4.92. The van der Waals surface area contributed by atoms with Gasteiger partial charge in [-0.15, -0.1) is 6.42 Å². The van der Waals surface area contributed by atoms with Gasteiger partial charge in [0.25, 0.3) is 0 Å². The van der Waals surface area contributed by atoms with Crippen molar-refractivity contribution in [2.24, 2.45) is 0 Å². The van der Waals surface area contributed by atoms with Crippen LogP contribution in [0.15, 0.2) is 24.3 Å². The van der Waals surface area contributed by atoms with Crippen LogP contribution in [0.4, 0.5) is 0 Å². The number of hydrogen-bond donors (Lipinski definition) is 1. The third-order valence-corrected chi connectivity index (χ3v) is 3.10. The van der Waals surface area contributed by atoms with E-state index in [0.29, 0.717) is 13.0 Å². The summed E-state index contributed by atoms with van der Waals surface area (Å²) in [5.41, 5.74) is 1.15. The van der Waals surface area contributed by atoms with Gasteiger partial charge in [-0.25, -0.2) is 4.79 Å². The molecule has 0 radical (unpaired) electrons. The first-order chi connectivity index (χ1) is 8.60. The van der Waals surface area contributed by atoms with E-state index < -0.39 is 5.54 Å². The fraction of sp³-hybridized carbons (Fsp3) is 0.400. The number of carbonyl (C=O) groups is 1. The van der Waals surface area contributed by atoms with Crippen molar-refractivity contribution in [1.29, 1.82) is 0 Å². The standard InChI is InChI=1S/C15H19NO2/c1-5-11-16-15(6-2,14(17)18-4)13-9-7-12(3)8-10-13/h1,7-10,16H,6,11H2,2-4H3. The van der Waals surface area contributed by atoms with E-state index in [9.17, 15) is 4.79 Å². The molecule has 1 unspecified atom stereocenters. The number of methoxy groups -OCH3 is 1. The second kappa shape index (κ2) is 6.23. The number of nitrogens with one attached hydrogen (secondary N) is 1. The predicted octanol–water partition coefficient (Wildman–Crippen LogP) is 2.00. The minimum atomic E-state index is -0.866. The molecule has 96 valence electrons. The molecule has 0 aliphatic carbocycles. The number of carbonyl (C=O) groups excluding carboxylic acids is 1. The lowest BCUT2D eigenvalue weighted by Crippen LogP contribution is -2.49. The van der Waals surface area contributed by atoms with E-state index in [-0.39, 0.29) is 5.97 Å². The van der Waals surface area contributed by atoms with Crippen LogP contribution in [-0.2, 0) is 15.1 Å². The number of hydrogen-bond acceptors (Lipinski definition) is 3. The Kier molecular flexibility index (Phi) is 4.94. The molecule has 1 rings (SSSR count). The molecular weight excluding hydrogens is 226 g/mol. The maximum absolute atomic E-state index is 12.1. The normalized spacial score (nSPS) is 13.4. The summed E-state index contributed by atoms with van der Waals surface area (Å²) in [6.07, 6.45) is 5.84. The number of ether oxygens (including phenoxy) is 1. The monoisotopic (exact) mass is 245 g/mol. The SMILES string of the molecule is C#CCNC(CC)(C(=O)OC)c1ccc(C)cc1. The van der Waals surface area contributed by atoms with Crippen molar-refractivity contribution in [3.63, 3.8) is 0 Å². The molecule has 1 atom stereocenters. The Bertz CT molecular complexity index is 445. The fourth-order valence-electron chi connectivity index (χ4n) is 1.98. The number of rotatable bonds is 5. The van der Waals surface area contributed by atoms with Gasteiger partial charge < -0.3 is 4.74 Å². The molecule has 0 aliphatic heterocycles. The van der Waals surface area contributed by atoms with Crippen molar-refractivity contribution in [3.05, 3.63) is 35.4 Å². The van der Waals surface area contributed by atoms with Gasteiger partial charge in [0.1, 0.15) is 5.54 Å². The molecule has 0 spiro atoms. The first-order valence-electron chi connectivity index (χ1n) is 5.94. The van der Waals surface area contributed by atoms with Gasteiger partial charge in [0.2, 0.25) is 0 Å². The summed E-state index contributed by atoms with van der Waals surface area (Å²) in [4.78, 5) is 12.1. The average molecular weight is 245 g/mol. The summed E-state index contributed by atoms with van der Waals surface area (Å²) in [5, 5.41) is 3.11. The Balaban J connectivity index is 3.21. The van der Waals surface area contributed by atoms with Crippen molar-refractivity contribution in [2.75, 3.05) is 13.7 Å². The zero-order valence-electron chi connectivity index (χ0n) is 11.1. The van der Waals surface area contributed by atoms with Gasteiger partial charge in [-0.3, -0.25) is 5.32 Å². The zero-order chi connectivity index (χ0) is 13.6. The second-order valence-electron chi connectivity index (χ2n) is 4.17. The highest BCUT2D eigenvalue weighted by Crippen LogP contribution is 2.26. The van der Waals surface area contributed by atoms with Crippen molar-refractivity contribution >= 4 is 5.97 Å². The molecule has 1 aromatic carbocycles. The van der Waals surface area contributed by atoms with Gasteiger partial charge in [0.05, 0.1) is 13.7 Å². The maximum Gasteiger partial charge on any atom is 0.330 e. The second-order valence-corrected chi connectivity index (χ2v) is 4.17. The number of benzene rings is 1. The minimum Gasteiger partial charge on any atom is -0.467 e. The predicted molar refractivity (Wildman–Crippen MR) is 72.0 cm³/mol. The lowest BCUT2D eigenvalue weighted by atomic mass is 9.86. The summed E-state index contributed by atoms with van der Waals surface area (Å²) in [6, 6.07) is 7.80. The Labute approximate surface area is 109 Å². The van der Waals surface area contributed by atoms with E-state index >= 15 is 0 Å². The van der Waals surface area contributed by atoms with E-state index in [1.54, 1.807) is 0 Å². The van der Waals surface area contributed by atoms with Crippen molar-refractivity contribution < 1.29 is 9.53 Å². The van der Waals surface area contributed by atoms with Crippen LogP contribution in [0.5, 0.6) is 0 Å². The molecule has 0 saturated heterocycles. The van der Waals surface area contributed by atoms with Gasteiger partial charge >= 0.3 is 5.97 Å². The van der Waals surface area contributed by atoms with Crippen LogP contribution in [0.25, 0.3) is 0 Å². The Morgan fingerprint density at radius 3 is 2.50 bits per heavy atom. The lowest BCUT2D eigenvalue weighted by Gasteiger charge is -2.31. The molecule has 0 amide bonds. The first-order valence-corrected chi connectivity index (χ1v) is 5.94. The smallest absolute Gasteiger partial charge is 0.330 e. The van der Waals surface area contributed by atoms with Gasteiger partial charge in [-0.05, 0) is 18.9 Å². The molecule has 0 aliphatic rings. The Morgan fingerprint density at radius 1 is 1.44 bits per heavy atom. The summed E-state index contributed by atoms with van der Waals surface area (Å²) in [5.74, 6) is 2.18. The van der Waals surface area contributed by atoms with Crippen molar-refractivity contribution in [1.82, 2.24) is 5.32 Å².